The van der Waals surface area contributed by atoms with Crippen molar-refractivity contribution in [2.75, 3.05) is 11.9 Å². The van der Waals surface area contributed by atoms with Crippen LogP contribution < -0.4 is 11.1 Å². The van der Waals surface area contributed by atoms with Crippen LogP contribution in [0.5, 0.6) is 0 Å². The lowest BCUT2D eigenvalue weighted by Gasteiger charge is -2.12. The second kappa shape index (κ2) is 6.15. The first-order valence-electron chi connectivity index (χ1n) is 8.49. The summed E-state index contributed by atoms with van der Waals surface area (Å²) in [6.07, 6.45) is 4.10. The number of nitrogens with one attached hydrogen (secondary N) is 1. The third-order valence-corrected chi connectivity index (χ3v) is 5.47. The quantitative estimate of drug-likeness (QED) is 0.667. The molecule has 4 nitrogen and oxygen atoms in total. The molecular formula is C19H22N4S. The highest BCUT2D eigenvalue weighted by Gasteiger charge is 2.43. The largest absolute Gasteiger partial charge is 0.369 e. The number of thiophene rings is 1. The zero-order valence-electron chi connectivity index (χ0n) is 13.9. The molecule has 0 aliphatic heterocycles. The second-order valence-corrected chi connectivity index (χ2v) is 7.88. The molecule has 1 aliphatic rings. The molecule has 0 saturated heterocycles. The third-order valence-electron chi connectivity index (χ3n) is 4.53. The van der Waals surface area contributed by atoms with E-state index in [1.165, 1.54) is 10.4 Å². The first-order valence-corrected chi connectivity index (χ1v) is 9.31. The fraction of sp³-hybridized carbons (Fsp3) is 0.368. The summed E-state index contributed by atoms with van der Waals surface area (Å²) < 4.78 is 0. The normalized spacial score (nSPS) is 15.6. The van der Waals surface area contributed by atoms with Crippen molar-refractivity contribution in [3.8, 4) is 0 Å². The van der Waals surface area contributed by atoms with Gasteiger partial charge in [-0.25, -0.2) is 9.97 Å². The molecule has 0 spiro atoms. The van der Waals surface area contributed by atoms with Crippen molar-refractivity contribution in [3.63, 3.8) is 0 Å². The maximum Gasteiger partial charge on any atom is 0.152 e. The molecule has 24 heavy (non-hydrogen) atoms. The highest BCUT2D eigenvalue weighted by Crippen LogP contribution is 2.42. The molecule has 3 aromatic rings. The molecule has 1 aromatic carbocycles. The molecule has 1 saturated carbocycles. The number of aryl methyl sites for hydroxylation is 2. The van der Waals surface area contributed by atoms with E-state index in [1.807, 2.05) is 0 Å². The summed E-state index contributed by atoms with van der Waals surface area (Å²) in [4.78, 5) is 11.8. The molecule has 0 radical (unpaired) electrons. The molecule has 1 aliphatic carbocycles. The molecule has 124 valence electrons. The Hall–Kier alpha value is -1.98. The third kappa shape index (κ3) is 3.14. The Bertz CT molecular complexity index is 852. The average Bonchev–Trinajstić information content (AvgIpc) is 3.22. The number of hydrogen-bond acceptors (Lipinski definition) is 5. The summed E-state index contributed by atoms with van der Waals surface area (Å²) in [5.41, 5.74) is 7.39. The van der Waals surface area contributed by atoms with Crippen LogP contribution in [0.25, 0.3) is 10.2 Å². The van der Waals surface area contributed by atoms with Gasteiger partial charge in [0.2, 0.25) is 0 Å². The minimum atomic E-state index is -0.299. The number of fused-ring (bicyclic) bond motifs is 1. The van der Waals surface area contributed by atoms with Crippen molar-refractivity contribution in [2.24, 2.45) is 5.73 Å². The molecule has 0 bridgehead atoms. The summed E-state index contributed by atoms with van der Waals surface area (Å²) in [5, 5.41) is 4.63. The number of anilines is 1. The fourth-order valence-corrected chi connectivity index (χ4v) is 3.78. The highest BCUT2D eigenvalue weighted by atomic mass is 32.1. The van der Waals surface area contributed by atoms with E-state index >= 15 is 0 Å². The van der Waals surface area contributed by atoms with E-state index in [4.69, 9.17) is 15.7 Å². The smallest absolute Gasteiger partial charge is 0.152 e. The van der Waals surface area contributed by atoms with E-state index in [1.54, 1.807) is 11.3 Å². The zero-order chi connectivity index (χ0) is 16.6. The molecule has 5 heteroatoms. The molecule has 4 rings (SSSR count). The molecule has 0 unspecified atom stereocenters. The zero-order valence-corrected chi connectivity index (χ0v) is 14.7. The first-order chi connectivity index (χ1) is 11.6. The monoisotopic (exact) mass is 338 g/mol. The number of nitrogens with two attached hydrogens (primary N) is 1. The molecule has 0 atom stereocenters. The maximum absolute atomic E-state index is 6.32. The summed E-state index contributed by atoms with van der Waals surface area (Å²) >= 11 is 1.71. The van der Waals surface area contributed by atoms with Crippen molar-refractivity contribution >= 4 is 27.4 Å². The Morgan fingerprint density at radius 1 is 1.21 bits per heavy atom. The van der Waals surface area contributed by atoms with Gasteiger partial charge in [0.15, 0.2) is 5.82 Å². The lowest BCUT2D eigenvalue weighted by Crippen LogP contribution is -2.22. The molecule has 1 fully saturated rings. The molecule has 3 N–H and O–H groups in total. The van der Waals surface area contributed by atoms with Gasteiger partial charge in [-0.1, -0.05) is 30.3 Å². The molecule has 2 heterocycles. The van der Waals surface area contributed by atoms with Crippen molar-refractivity contribution in [2.45, 2.75) is 38.1 Å². The average molecular weight is 338 g/mol. The second-order valence-electron chi connectivity index (χ2n) is 6.64. The van der Waals surface area contributed by atoms with Crippen LogP contribution >= 0.6 is 11.3 Å². The van der Waals surface area contributed by atoms with Gasteiger partial charge in [0.25, 0.3) is 0 Å². The molecule has 0 amide bonds. The maximum atomic E-state index is 6.32. The Morgan fingerprint density at radius 2 is 2.00 bits per heavy atom. The number of benzene rings is 1. The standard InChI is InChI=1S/C19H22N4S/c1-13-12-15-16(21-11-5-8-14-6-3-2-4-7-14)22-18(19(20)9-10-19)23-17(15)24-13/h2-4,6-7,12H,5,8-11,20H2,1H3,(H,21,22,23). The van der Waals surface area contributed by atoms with Gasteiger partial charge in [-0.3, -0.25) is 0 Å². The summed E-state index contributed by atoms with van der Waals surface area (Å²) in [7, 11) is 0. The minimum Gasteiger partial charge on any atom is -0.369 e. The van der Waals surface area contributed by atoms with Gasteiger partial charge in [0.05, 0.1) is 10.9 Å². The number of nitrogens with zero attached hydrogens (tertiary/aromatic N) is 2. The fourth-order valence-electron chi connectivity index (χ4n) is 2.90. The summed E-state index contributed by atoms with van der Waals surface area (Å²) in [6, 6.07) is 12.8. The predicted octanol–water partition coefficient (Wildman–Crippen LogP) is 3.99. The van der Waals surface area contributed by atoms with E-state index in [0.717, 1.165) is 54.1 Å². The molecular weight excluding hydrogens is 316 g/mol. The van der Waals surface area contributed by atoms with Crippen LogP contribution in [-0.2, 0) is 12.0 Å². The van der Waals surface area contributed by atoms with Gasteiger partial charge in [0, 0.05) is 11.4 Å². The van der Waals surface area contributed by atoms with Crippen LogP contribution in [-0.4, -0.2) is 16.5 Å². The van der Waals surface area contributed by atoms with E-state index in [0.29, 0.717) is 0 Å². The van der Waals surface area contributed by atoms with Crippen LogP contribution in [0.3, 0.4) is 0 Å². The number of rotatable bonds is 6. The molecule has 2 aromatic heterocycles. The van der Waals surface area contributed by atoms with Gasteiger partial charge < -0.3 is 11.1 Å². The minimum absolute atomic E-state index is 0.299. The highest BCUT2D eigenvalue weighted by molar-refractivity contribution is 7.18. The van der Waals surface area contributed by atoms with E-state index in [9.17, 15) is 0 Å². The topological polar surface area (TPSA) is 63.8 Å². The van der Waals surface area contributed by atoms with E-state index < -0.39 is 0 Å². The number of aromatic nitrogens is 2. The lowest BCUT2D eigenvalue weighted by atomic mass is 10.1. The van der Waals surface area contributed by atoms with Crippen LogP contribution in [0.4, 0.5) is 5.82 Å². The first kappa shape index (κ1) is 15.5. The summed E-state index contributed by atoms with van der Waals surface area (Å²) in [5.74, 6) is 1.73. The van der Waals surface area contributed by atoms with Gasteiger partial charge in [-0.2, -0.15) is 0 Å². The summed E-state index contributed by atoms with van der Waals surface area (Å²) in [6.45, 7) is 3.01. The van der Waals surface area contributed by atoms with Gasteiger partial charge in [-0.15, -0.1) is 11.3 Å². The van der Waals surface area contributed by atoms with Crippen LogP contribution in [0, 0.1) is 6.92 Å². The van der Waals surface area contributed by atoms with Gasteiger partial charge in [-0.05, 0) is 44.2 Å². The Labute approximate surface area is 146 Å². The number of hydrogen-bond donors (Lipinski definition) is 2. The van der Waals surface area contributed by atoms with Crippen LogP contribution in [0.1, 0.15) is 35.5 Å². The van der Waals surface area contributed by atoms with Crippen molar-refractivity contribution in [1.82, 2.24) is 9.97 Å². The van der Waals surface area contributed by atoms with E-state index in [-0.39, 0.29) is 5.54 Å². The van der Waals surface area contributed by atoms with Gasteiger partial charge in [0.1, 0.15) is 10.6 Å². The van der Waals surface area contributed by atoms with E-state index in [2.05, 4.69) is 48.6 Å². The SMILES string of the molecule is Cc1cc2c(NCCCc3ccccc3)nc(C3(N)CC3)nc2s1. The van der Waals surface area contributed by atoms with Crippen molar-refractivity contribution in [3.05, 3.63) is 52.7 Å². The van der Waals surface area contributed by atoms with Crippen LogP contribution in [0.2, 0.25) is 0 Å². The van der Waals surface area contributed by atoms with Crippen molar-refractivity contribution in [1.29, 1.82) is 0 Å². The van der Waals surface area contributed by atoms with Gasteiger partial charge >= 0.3 is 0 Å². The lowest BCUT2D eigenvalue weighted by molar-refractivity contribution is 0.678. The Morgan fingerprint density at radius 3 is 2.75 bits per heavy atom. The Balaban J connectivity index is 1.50. The Kier molecular flexibility index (Phi) is 3.98. The van der Waals surface area contributed by atoms with Crippen molar-refractivity contribution < 1.29 is 0 Å². The van der Waals surface area contributed by atoms with Crippen LogP contribution in [0.15, 0.2) is 36.4 Å². The predicted molar refractivity (Wildman–Crippen MR) is 101 cm³/mol.